The molecule has 3 rings (SSSR count). The van der Waals surface area contributed by atoms with Crippen LogP contribution in [0.1, 0.15) is 11.4 Å². The van der Waals surface area contributed by atoms with E-state index in [2.05, 4.69) is 10.3 Å². The second-order valence-electron chi connectivity index (χ2n) is 5.44. The zero-order valence-corrected chi connectivity index (χ0v) is 13.5. The fraction of sp³-hybridized carbons (Fsp3) is 0.111. The van der Waals surface area contributed by atoms with E-state index in [-0.39, 0.29) is 18.1 Å². The Bertz CT molecular complexity index is 975. The topological polar surface area (TPSA) is 90.1 Å². The highest BCUT2D eigenvalue weighted by atomic mass is 16.6. The second kappa shape index (κ2) is 6.96. The van der Waals surface area contributed by atoms with Crippen LogP contribution in [0.4, 0.5) is 5.69 Å². The van der Waals surface area contributed by atoms with Crippen molar-refractivity contribution in [2.75, 3.05) is 0 Å². The van der Waals surface area contributed by atoms with Crippen LogP contribution in [-0.4, -0.2) is 20.4 Å². The van der Waals surface area contributed by atoms with E-state index < -0.39 is 4.92 Å². The number of aromatic nitrogens is 2. The minimum absolute atomic E-state index is 0.0399. The van der Waals surface area contributed by atoms with Crippen molar-refractivity contribution in [1.82, 2.24) is 14.9 Å². The zero-order valence-electron chi connectivity index (χ0n) is 13.5. The predicted molar refractivity (Wildman–Crippen MR) is 94.7 cm³/mol. The quantitative estimate of drug-likeness (QED) is 0.441. The molecule has 1 heterocycles. The number of imidazole rings is 1. The number of carbonyl (C=O) groups is 1. The van der Waals surface area contributed by atoms with E-state index >= 15 is 0 Å². The van der Waals surface area contributed by atoms with Crippen LogP contribution >= 0.6 is 0 Å². The summed E-state index contributed by atoms with van der Waals surface area (Å²) in [6, 6.07) is 14.0. The normalized spacial score (nSPS) is 11.1. The molecule has 7 nitrogen and oxygen atoms in total. The third kappa shape index (κ3) is 3.55. The molecule has 7 heteroatoms. The zero-order chi connectivity index (χ0) is 17.8. The predicted octanol–water partition coefficient (Wildman–Crippen LogP) is 2.81. The number of amides is 1. The number of para-hydroxylation sites is 3. The minimum Gasteiger partial charge on any atom is -0.345 e. The first-order valence-electron chi connectivity index (χ1n) is 7.66. The van der Waals surface area contributed by atoms with Crippen LogP contribution in [0, 0.1) is 10.1 Å². The molecule has 0 radical (unpaired) electrons. The Morgan fingerprint density at radius 2 is 1.96 bits per heavy atom. The summed E-state index contributed by atoms with van der Waals surface area (Å²) in [5, 5.41) is 13.7. The monoisotopic (exact) mass is 336 g/mol. The summed E-state index contributed by atoms with van der Waals surface area (Å²) < 4.78 is 1.92. The summed E-state index contributed by atoms with van der Waals surface area (Å²) in [5.41, 5.74) is 2.19. The lowest BCUT2D eigenvalue weighted by Crippen LogP contribution is -2.22. The number of hydrogen-bond acceptors (Lipinski definition) is 4. The molecule has 0 spiro atoms. The minimum atomic E-state index is -0.475. The maximum Gasteiger partial charge on any atom is 0.276 e. The number of nitrogens with zero attached hydrogens (tertiary/aromatic N) is 3. The number of nitro benzene ring substituents is 1. The van der Waals surface area contributed by atoms with E-state index in [1.165, 1.54) is 18.2 Å². The average Bonchev–Trinajstić information content (AvgIpc) is 2.94. The fourth-order valence-corrected chi connectivity index (χ4v) is 2.54. The van der Waals surface area contributed by atoms with Gasteiger partial charge in [-0.3, -0.25) is 14.9 Å². The number of hydrogen-bond donors (Lipinski definition) is 1. The molecule has 126 valence electrons. The van der Waals surface area contributed by atoms with Gasteiger partial charge in [0.05, 0.1) is 28.1 Å². The number of nitro groups is 1. The van der Waals surface area contributed by atoms with Crippen molar-refractivity contribution in [3.05, 3.63) is 76.1 Å². The van der Waals surface area contributed by atoms with E-state index in [0.717, 1.165) is 16.9 Å². The van der Waals surface area contributed by atoms with Crippen molar-refractivity contribution in [2.24, 2.45) is 7.05 Å². The van der Waals surface area contributed by atoms with Gasteiger partial charge in [-0.25, -0.2) is 4.98 Å². The van der Waals surface area contributed by atoms with Crippen LogP contribution in [0.5, 0.6) is 0 Å². The van der Waals surface area contributed by atoms with Gasteiger partial charge in [0.2, 0.25) is 5.91 Å². The molecule has 0 atom stereocenters. The van der Waals surface area contributed by atoms with Crippen molar-refractivity contribution in [2.45, 2.75) is 6.54 Å². The van der Waals surface area contributed by atoms with Gasteiger partial charge < -0.3 is 9.88 Å². The third-order valence-corrected chi connectivity index (χ3v) is 3.85. The van der Waals surface area contributed by atoms with Crippen molar-refractivity contribution in [3.8, 4) is 0 Å². The molecular weight excluding hydrogens is 320 g/mol. The molecule has 0 fully saturated rings. The molecule has 0 bridgehead atoms. The van der Waals surface area contributed by atoms with Crippen LogP contribution in [0.25, 0.3) is 17.1 Å². The highest BCUT2D eigenvalue weighted by Crippen LogP contribution is 2.19. The first-order chi connectivity index (χ1) is 12.1. The lowest BCUT2D eigenvalue weighted by molar-refractivity contribution is -0.385. The van der Waals surface area contributed by atoms with Crippen molar-refractivity contribution < 1.29 is 9.72 Å². The smallest absolute Gasteiger partial charge is 0.276 e. The largest absolute Gasteiger partial charge is 0.345 e. The van der Waals surface area contributed by atoms with E-state index in [9.17, 15) is 14.9 Å². The number of aryl methyl sites for hydroxylation is 1. The molecule has 0 unspecified atom stereocenters. The molecule has 1 N–H and O–H groups in total. The Hall–Kier alpha value is -3.48. The summed E-state index contributed by atoms with van der Waals surface area (Å²) in [6.07, 6.45) is 2.72. The number of fused-ring (bicyclic) bond motifs is 1. The molecule has 1 amide bonds. The number of nitrogens with one attached hydrogen (secondary N) is 1. The van der Waals surface area contributed by atoms with Crippen LogP contribution < -0.4 is 5.32 Å². The average molecular weight is 336 g/mol. The first-order valence-corrected chi connectivity index (χ1v) is 7.66. The highest BCUT2D eigenvalue weighted by molar-refractivity contribution is 5.92. The van der Waals surface area contributed by atoms with Gasteiger partial charge >= 0.3 is 0 Å². The third-order valence-electron chi connectivity index (χ3n) is 3.85. The molecule has 3 aromatic rings. The van der Waals surface area contributed by atoms with Gasteiger partial charge in [0.15, 0.2) is 0 Å². The Kier molecular flexibility index (Phi) is 4.56. The Morgan fingerprint density at radius 1 is 1.24 bits per heavy atom. The van der Waals surface area contributed by atoms with Gasteiger partial charge in [-0.1, -0.05) is 24.3 Å². The summed E-state index contributed by atoms with van der Waals surface area (Å²) in [6.45, 7) is 0.269. The van der Waals surface area contributed by atoms with Gasteiger partial charge in [-0.05, 0) is 24.3 Å². The van der Waals surface area contributed by atoms with E-state index in [1.807, 2.05) is 35.9 Å². The van der Waals surface area contributed by atoms with Gasteiger partial charge in [-0.15, -0.1) is 0 Å². The SMILES string of the molecule is Cn1c(CNC(=O)/C=C/c2ccccc2[N+](=O)[O-])nc2ccccc21. The van der Waals surface area contributed by atoms with Crippen molar-refractivity contribution in [3.63, 3.8) is 0 Å². The van der Waals surface area contributed by atoms with Crippen LogP contribution in [0.15, 0.2) is 54.6 Å². The molecule has 25 heavy (non-hydrogen) atoms. The molecule has 2 aromatic carbocycles. The number of rotatable bonds is 5. The maximum atomic E-state index is 12.0. The summed E-state index contributed by atoms with van der Waals surface area (Å²) in [5.74, 6) is 0.388. The summed E-state index contributed by atoms with van der Waals surface area (Å²) >= 11 is 0. The molecule has 0 aliphatic carbocycles. The van der Waals surface area contributed by atoms with E-state index in [0.29, 0.717) is 5.56 Å². The number of benzene rings is 2. The Labute approximate surface area is 143 Å². The molecule has 1 aromatic heterocycles. The van der Waals surface area contributed by atoms with Gasteiger partial charge in [0.25, 0.3) is 5.69 Å². The second-order valence-corrected chi connectivity index (χ2v) is 5.44. The maximum absolute atomic E-state index is 12.0. The Morgan fingerprint density at radius 3 is 2.72 bits per heavy atom. The molecule has 0 aliphatic rings. The van der Waals surface area contributed by atoms with Gasteiger partial charge in [0.1, 0.15) is 5.82 Å². The van der Waals surface area contributed by atoms with Crippen LogP contribution in [0.3, 0.4) is 0 Å². The van der Waals surface area contributed by atoms with Crippen molar-refractivity contribution in [1.29, 1.82) is 0 Å². The molecule has 0 aliphatic heterocycles. The van der Waals surface area contributed by atoms with Crippen molar-refractivity contribution >= 4 is 28.7 Å². The van der Waals surface area contributed by atoms with Crippen LogP contribution in [0.2, 0.25) is 0 Å². The Balaban J connectivity index is 1.69. The van der Waals surface area contributed by atoms with Crippen LogP contribution in [-0.2, 0) is 18.4 Å². The number of carbonyl (C=O) groups excluding carboxylic acids is 1. The van der Waals surface area contributed by atoms with Gasteiger partial charge in [0, 0.05) is 19.2 Å². The standard InChI is InChI=1S/C18H16N4O3/c1-21-16-9-5-3-7-14(16)20-17(21)12-19-18(23)11-10-13-6-2-4-8-15(13)22(24)25/h2-11H,12H2,1H3,(H,19,23)/b11-10+. The molecule has 0 saturated carbocycles. The molecule has 0 saturated heterocycles. The first kappa shape index (κ1) is 16.4. The summed E-state index contributed by atoms with van der Waals surface area (Å²) in [7, 11) is 1.89. The van der Waals surface area contributed by atoms with E-state index in [4.69, 9.17) is 0 Å². The molecular formula is C18H16N4O3. The van der Waals surface area contributed by atoms with E-state index in [1.54, 1.807) is 18.2 Å². The fourth-order valence-electron chi connectivity index (χ4n) is 2.54. The van der Waals surface area contributed by atoms with Gasteiger partial charge in [-0.2, -0.15) is 0 Å². The highest BCUT2D eigenvalue weighted by Gasteiger charge is 2.10. The lowest BCUT2D eigenvalue weighted by Gasteiger charge is -2.03. The lowest BCUT2D eigenvalue weighted by atomic mass is 10.1. The summed E-state index contributed by atoms with van der Waals surface area (Å²) in [4.78, 5) is 27.0.